The number of nitrogens with zero attached hydrogens (tertiary/aromatic N) is 2. The lowest BCUT2D eigenvalue weighted by Crippen LogP contribution is -2.32. The van der Waals surface area contributed by atoms with Crippen LogP contribution in [-0.4, -0.2) is 45.1 Å². The first-order valence-corrected chi connectivity index (χ1v) is 10.1. The summed E-state index contributed by atoms with van der Waals surface area (Å²) in [5, 5.41) is 0. The first-order chi connectivity index (χ1) is 10.9. The lowest BCUT2D eigenvalue weighted by molar-refractivity contribution is 0.0760. The summed E-state index contributed by atoms with van der Waals surface area (Å²) in [6.45, 7) is 4.33. The second kappa shape index (κ2) is 6.15. The van der Waals surface area contributed by atoms with E-state index in [1.54, 1.807) is 12.1 Å². The molecule has 0 saturated carbocycles. The van der Waals surface area contributed by atoms with Crippen LogP contribution in [0.5, 0.6) is 0 Å². The molecule has 1 saturated heterocycles. The molecule has 126 valence electrons. The van der Waals surface area contributed by atoms with Crippen LogP contribution < -0.4 is 4.31 Å². The van der Waals surface area contributed by atoms with Crippen molar-refractivity contribution in [1.82, 2.24) is 4.90 Å². The fourth-order valence-electron chi connectivity index (χ4n) is 3.50. The van der Waals surface area contributed by atoms with E-state index in [0.717, 1.165) is 31.5 Å². The number of likely N-dealkylation sites (tertiary alicyclic amines) is 1. The van der Waals surface area contributed by atoms with Gasteiger partial charge in [0.25, 0.3) is 5.91 Å². The maximum absolute atomic E-state index is 12.7. The van der Waals surface area contributed by atoms with Gasteiger partial charge in [-0.1, -0.05) is 6.92 Å². The highest BCUT2D eigenvalue weighted by Crippen LogP contribution is 2.31. The average molecular weight is 336 g/mol. The summed E-state index contributed by atoms with van der Waals surface area (Å²) in [4.78, 5) is 14.7. The molecule has 5 nitrogen and oxygen atoms in total. The van der Waals surface area contributed by atoms with Gasteiger partial charge in [0.15, 0.2) is 0 Å². The summed E-state index contributed by atoms with van der Waals surface area (Å²) in [7, 11) is -3.24. The second-order valence-corrected chi connectivity index (χ2v) is 8.66. The van der Waals surface area contributed by atoms with Gasteiger partial charge < -0.3 is 4.90 Å². The molecule has 1 unspecified atom stereocenters. The number of rotatable bonds is 2. The number of carbonyl (C=O) groups excluding carboxylic acids is 1. The third-order valence-electron chi connectivity index (χ3n) is 4.88. The topological polar surface area (TPSA) is 57.7 Å². The van der Waals surface area contributed by atoms with Crippen molar-refractivity contribution in [2.24, 2.45) is 5.92 Å². The molecule has 1 aromatic rings. The summed E-state index contributed by atoms with van der Waals surface area (Å²) in [5.41, 5.74) is 2.34. The minimum atomic E-state index is -3.24. The number of sulfonamides is 1. The number of carbonyl (C=O) groups is 1. The van der Waals surface area contributed by atoms with Crippen molar-refractivity contribution >= 4 is 21.6 Å². The van der Waals surface area contributed by atoms with Crippen molar-refractivity contribution in [2.75, 3.05) is 30.2 Å². The Morgan fingerprint density at radius 1 is 1.17 bits per heavy atom. The molecule has 0 radical (unpaired) electrons. The fourth-order valence-corrected chi connectivity index (χ4v) is 4.46. The molecule has 6 heteroatoms. The number of benzene rings is 1. The van der Waals surface area contributed by atoms with Crippen LogP contribution >= 0.6 is 0 Å². The molecule has 0 spiro atoms. The fraction of sp³-hybridized carbons (Fsp3) is 0.588. The van der Waals surface area contributed by atoms with Crippen LogP contribution in [0.2, 0.25) is 0 Å². The highest BCUT2D eigenvalue weighted by atomic mass is 32.2. The maximum Gasteiger partial charge on any atom is 0.253 e. The van der Waals surface area contributed by atoms with Crippen LogP contribution in [0.3, 0.4) is 0 Å². The molecule has 1 amide bonds. The molecule has 1 fully saturated rings. The number of amides is 1. The van der Waals surface area contributed by atoms with Crippen molar-refractivity contribution in [3.8, 4) is 0 Å². The maximum atomic E-state index is 12.7. The molecule has 2 heterocycles. The molecule has 2 aliphatic heterocycles. The molecule has 0 bridgehead atoms. The Kier molecular flexibility index (Phi) is 4.36. The number of hydrogen-bond donors (Lipinski definition) is 0. The van der Waals surface area contributed by atoms with Crippen molar-refractivity contribution in [1.29, 1.82) is 0 Å². The summed E-state index contributed by atoms with van der Waals surface area (Å²) >= 11 is 0. The highest BCUT2D eigenvalue weighted by Gasteiger charge is 2.27. The first kappa shape index (κ1) is 16.3. The second-order valence-electron chi connectivity index (χ2n) is 6.76. The van der Waals surface area contributed by atoms with E-state index in [9.17, 15) is 13.2 Å². The molecule has 0 N–H and O–H groups in total. The largest absolute Gasteiger partial charge is 0.339 e. The Hall–Kier alpha value is -1.56. The number of hydrogen-bond acceptors (Lipinski definition) is 3. The summed E-state index contributed by atoms with van der Waals surface area (Å²) < 4.78 is 25.0. The Balaban J connectivity index is 1.81. The van der Waals surface area contributed by atoms with Gasteiger partial charge in [-0.15, -0.1) is 0 Å². The van der Waals surface area contributed by atoms with E-state index < -0.39 is 10.0 Å². The van der Waals surface area contributed by atoms with Crippen molar-refractivity contribution in [3.05, 3.63) is 29.3 Å². The predicted octanol–water partition coefficient (Wildman–Crippen LogP) is 2.27. The van der Waals surface area contributed by atoms with Crippen LogP contribution in [-0.2, 0) is 16.4 Å². The van der Waals surface area contributed by atoms with Gasteiger partial charge >= 0.3 is 0 Å². The van der Waals surface area contributed by atoms with Crippen LogP contribution in [0.1, 0.15) is 42.1 Å². The van der Waals surface area contributed by atoms with Crippen LogP contribution in [0.4, 0.5) is 5.69 Å². The van der Waals surface area contributed by atoms with E-state index in [-0.39, 0.29) is 5.91 Å². The summed E-state index contributed by atoms with van der Waals surface area (Å²) in [5.74, 6) is 0.746. The quantitative estimate of drug-likeness (QED) is 0.832. The van der Waals surface area contributed by atoms with E-state index in [1.807, 2.05) is 11.0 Å². The zero-order chi connectivity index (χ0) is 16.6. The Labute approximate surface area is 138 Å². The van der Waals surface area contributed by atoms with E-state index in [1.165, 1.54) is 17.0 Å². The van der Waals surface area contributed by atoms with E-state index >= 15 is 0 Å². The minimum absolute atomic E-state index is 0.0692. The molecule has 1 aromatic carbocycles. The molecule has 3 rings (SSSR count). The third kappa shape index (κ3) is 3.37. The third-order valence-corrected chi connectivity index (χ3v) is 6.06. The van der Waals surface area contributed by atoms with Gasteiger partial charge in [-0.2, -0.15) is 0 Å². The van der Waals surface area contributed by atoms with Gasteiger partial charge in [0.2, 0.25) is 10.0 Å². The molecule has 23 heavy (non-hydrogen) atoms. The minimum Gasteiger partial charge on any atom is -0.339 e. The van der Waals surface area contributed by atoms with Gasteiger partial charge in [-0.25, -0.2) is 8.42 Å². The smallest absolute Gasteiger partial charge is 0.253 e. The molecular formula is C17H24N2O3S. The van der Waals surface area contributed by atoms with Gasteiger partial charge in [0.1, 0.15) is 0 Å². The van der Waals surface area contributed by atoms with Gasteiger partial charge in [-0.3, -0.25) is 9.10 Å². The number of anilines is 1. The monoisotopic (exact) mass is 336 g/mol. The Morgan fingerprint density at radius 3 is 2.70 bits per heavy atom. The first-order valence-electron chi connectivity index (χ1n) is 8.26. The van der Waals surface area contributed by atoms with Gasteiger partial charge in [0, 0.05) is 25.2 Å². The van der Waals surface area contributed by atoms with Crippen LogP contribution in [0, 0.1) is 5.92 Å². The van der Waals surface area contributed by atoms with E-state index in [4.69, 9.17) is 0 Å². The summed E-state index contributed by atoms with van der Waals surface area (Å²) in [6, 6.07) is 5.41. The normalized spacial score (nSPS) is 21.9. The number of fused-ring (bicyclic) bond motifs is 1. The zero-order valence-electron chi connectivity index (χ0n) is 13.8. The van der Waals surface area contributed by atoms with Gasteiger partial charge in [-0.05, 0) is 55.4 Å². The van der Waals surface area contributed by atoms with Gasteiger partial charge in [0.05, 0.1) is 11.9 Å². The van der Waals surface area contributed by atoms with E-state index in [0.29, 0.717) is 30.1 Å². The average Bonchev–Trinajstić information content (AvgIpc) is 2.81. The molecule has 0 aromatic heterocycles. The van der Waals surface area contributed by atoms with E-state index in [2.05, 4.69) is 6.92 Å². The molecule has 1 atom stereocenters. The summed E-state index contributed by atoms with van der Waals surface area (Å²) in [6.07, 6.45) is 5.18. The zero-order valence-corrected chi connectivity index (χ0v) is 14.6. The van der Waals surface area contributed by atoms with Crippen molar-refractivity contribution in [3.63, 3.8) is 0 Å². The SMILES string of the molecule is CC1CCCN(C(=O)c2ccc3c(c2)CCN3S(C)(=O)=O)CC1. The highest BCUT2D eigenvalue weighted by molar-refractivity contribution is 7.92. The van der Waals surface area contributed by atoms with Crippen molar-refractivity contribution in [2.45, 2.75) is 32.6 Å². The van der Waals surface area contributed by atoms with Crippen LogP contribution in [0.15, 0.2) is 18.2 Å². The molecule has 2 aliphatic rings. The Morgan fingerprint density at radius 2 is 1.96 bits per heavy atom. The lowest BCUT2D eigenvalue weighted by Gasteiger charge is -2.21. The lowest BCUT2D eigenvalue weighted by atomic mass is 10.0. The standard InChI is InChI=1S/C17H24N2O3S/c1-13-4-3-9-18(10-7-13)17(20)15-5-6-16-14(12-15)8-11-19(16)23(2,21)22/h5-6,12-13H,3-4,7-11H2,1-2H3. The van der Waals surface area contributed by atoms with Crippen LogP contribution in [0.25, 0.3) is 0 Å². The Bertz CT molecular complexity index is 715. The van der Waals surface area contributed by atoms with Crippen molar-refractivity contribution < 1.29 is 13.2 Å². The predicted molar refractivity (Wildman–Crippen MR) is 91.3 cm³/mol. The molecular weight excluding hydrogens is 312 g/mol. The molecule has 0 aliphatic carbocycles.